The van der Waals surface area contributed by atoms with Gasteiger partial charge in [-0.3, -0.25) is 0 Å². The SMILES string of the molecule is C=CCC(C#N)(C#N)C1=CCC2(CC1CC(=C)C)OCCO2. The summed E-state index contributed by atoms with van der Waals surface area (Å²) in [6.07, 6.45) is 5.90. The summed E-state index contributed by atoms with van der Waals surface area (Å²) in [7, 11) is 0. The molecule has 0 radical (unpaired) electrons. The van der Waals surface area contributed by atoms with E-state index in [0.29, 0.717) is 32.5 Å². The van der Waals surface area contributed by atoms with Crippen LogP contribution in [0.2, 0.25) is 0 Å². The Labute approximate surface area is 132 Å². The minimum Gasteiger partial charge on any atom is -0.347 e. The predicted molar refractivity (Wildman–Crippen MR) is 83.3 cm³/mol. The lowest BCUT2D eigenvalue weighted by Gasteiger charge is -2.39. The third kappa shape index (κ3) is 2.99. The molecule has 1 saturated heterocycles. The van der Waals surface area contributed by atoms with Crippen LogP contribution in [0.25, 0.3) is 0 Å². The molecule has 1 fully saturated rings. The number of nitriles is 2. The van der Waals surface area contributed by atoms with Crippen molar-refractivity contribution in [3.8, 4) is 12.1 Å². The van der Waals surface area contributed by atoms with Crippen LogP contribution in [0.15, 0.2) is 36.5 Å². The van der Waals surface area contributed by atoms with Crippen molar-refractivity contribution in [2.24, 2.45) is 11.3 Å². The number of hydrogen-bond acceptors (Lipinski definition) is 4. The molecule has 1 aliphatic heterocycles. The van der Waals surface area contributed by atoms with E-state index in [4.69, 9.17) is 9.47 Å². The molecule has 22 heavy (non-hydrogen) atoms. The number of hydrogen-bond donors (Lipinski definition) is 0. The average molecular weight is 298 g/mol. The smallest absolute Gasteiger partial charge is 0.172 e. The van der Waals surface area contributed by atoms with Gasteiger partial charge >= 0.3 is 0 Å². The summed E-state index contributed by atoms with van der Waals surface area (Å²) >= 11 is 0. The molecule has 0 aromatic heterocycles. The first-order valence-corrected chi connectivity index (χ1v) is 7.57. The van der Waals surface area contributed by atoms with Crippen molar-refractivity contribution < 1.29 is 9.47 Å². The first-order chi connectivity index (χ1) is 10.5. The van der Waals surface area contributed by atoms with Crippen molar-refractivity contribution in [3.63, 3.8) is 0 Å². The Hall–Kier alpha value is -1.88. The normalized spacial score (nSPS) is 23.4. The molecule has 0 amide bonds. The van der Waals surface area contributed by atoms with E-state index in [1.165, 1.54) is 0 Å². The second kappa shape index (κ2) is 6.48. The van der Waals surface area contributed by atoms with E-state index in [1.54, 1.807) is 6.08 Å². The van der Waals surface area contributed by atoms with Gasteiger partial charge in [0.1, 0.15) is 0 Å². The number of ether oxygens (including phenoxy) is 2. The predicted octanol–water partition coefficient (Wildman–Crippen LogP) is 3.64. The van der Waals surface area contributed by atoms with Gasteiger partial charge in [0.15, 0.2) is 11.2 Å². The van der Waals surface area contributed by atoms with Gasteiger partial charge in [-0.2, -0.15) is 10.5 Å². The Morgan fingerprint density at radius 3 is 2.59 bits per heavy atom. The van der Waals surface area contributed by atoms with Gasteiger partial charge < -0.3 is 9.47 Å². The van der Waals surface area contributed by atoms with Crippen LogP contribution < -0.4 is 0 Å². The lowest BCUT2D eigenvalue weighted by atomic mass is 9.67. The molecule has 1 unspecified atom stereocenters. The van der Waals surface area contributed by atoms with E-state index >= 15 is 0 Å². The first-order valence-electron chi connectivity index (χ1n) is 7.57. The van der Waals surface area contributed by atoms with Gasteiger partial charge in [-0.25, -0.2) is 0 Å². The Balaban J connectivity index is 2.40. The zero-order chi connectivity index (χ0) is 16.2. The van der Waals surface area contributed by atoms with Gasteiger partial charge in [-0.1, -0.05) is 17.7 Å². The van der Waals surface area contributed by atoms with Crippen molar-refractivity contribution in [2.45, 2.75) is 38.4 Å². The van der Waals surface area contributed by atoms with Crippen molar-refractivity contribution in [3.05, 3.63) is 36.5 Å². The Kier molecular flexibility index (Phi) is 4.86. The fraction of sp³-hybridized carbons (Fsp3) is 0.556. The molecule has 4 heteroatoms. The molecule has 0 aromatic carbocycles. The van der Waals surface area contributed by atoms with Crippen LogP contribution >= 0.6 is 0 Å². The molecule has 116 valence electrons. The Morgan fingerprint density at radius 2 is 2.09 bits per heavy atom. The summed E-state index contributed by atoms with van der Waals surface area (Å²) in [6.45, 7) is 10.8. The highest BCUT2D eigenvalue weighted by molar-refractivity contribution is 5.38. The molecule has 1 heterocycles. The summed E-state index contributed by atoms with van der Waals surface area (Å²) in [5, 5.41) is 19.2. The number of allylic oxidation sites excluding steroid dienone is 3. The maximum atomic E-state index is 9.62. The van der Waals surface area contributed by atoms with Crippen LogP contribution in [-0.4, -0.2) is 19.0 Å². The van der Waals surface area contributed by atoms with Gasteiger partial charge in [0.25, 0.3) is 0 Å². The lowest BCUT2D eigenvalue weighted by molar-refractivity contribution is -0.169. The second-order valence-corrected chi connectivity index (χ2v) is 6.16. The molecular formula is C18H22N2O2. The maximum absolute atomic E-state index is 9.62. The third-order valence-electron chi connectivity index (χ3n) is 4.36. The third-order valence-corrected chi connectivity index (χ3v) is 4.36. The highest BCUT2D eigenvalue weighted by atomic mass is 16.7. The maximum Gasteiger partial charge on any atom is 0.172 e. The van der Waals surface area contributed by atoms with Gasteiger partial charge in [-0.05, 0) is 24.8 Å². The minimum absolute atomic E-state index is 0.0311. The summed E-state index contributed by atoms with van der Waals surface area (Å²) in [4.78, 5) is 0. The van der Waals surface area contributed by atoms with Gasteiger partial charge in [0.05, 0.1) is 25.4 Å². The van der Waals surface area contributed by atoms with Crippen LogP contribution in [0.5, 0.6) is 0 Å². The topological polar surface area (TPSA) is 66.0 Å². The van der Waals surface area contributed by atoms with Crippen LogP contribution in [0, 0.1) is 34.0 Å². The van der Waals surface area contributed by atoms with Crippen LogP contribution in [0.3, 0.4) is 0 Å². The van der Waals surface area contributed by atoms with Crippen LogP contribution in [-0.2, 0) is 9.47 Å². The summed E-state index contributed by atoms with van der Waals surface area (Å²) in [5.74, 6) is -0.558. The van der Waals surface area contributed by atoms with Crippen LogP contribution in [0.1, 0.15) is 32.6 Å². The van der Waals surface area contributed by atoms with E-state index < -0.39 is 11.2 Å². The summed E-state index contributed by atoms with van der Waals surface area (Å²) in [5.41, 5.74) is 0.738. The summed E-state index contributed by atoms with van der Waals surface area (Å²) in [6, 6.07) is 4.41. The highest BCUT2D eigenvalue weighted by Crippen LogP contribution is 2.47. The second-order valence-electron chi connectivity index (χ2n) is 6.16. The average Bonchev–Trinajstić information content (AvgIpc) is 2.93. The molecule has 2 rings (SSSR count). The van der Waals surface area contributed by atoms with Crippen molar-refractivity contribution in [2.75, 3.05) is 13.2 Å². The van der Waals surface area contributed by atoms with Gasteiger partial charge in [0, 0.05) is 19.3 Å². The monoisotopic (exact) mass is 298 g/mol. The molecule has 1 atom stereocenters. The largest absolute Gasteiger partial charge is 0.347 e. The van der Waals surface area contributed by atoms with E-state index in [2.05, 4.69) is 25.3 Å². The summed E-state index contributed by atoms with van der Waals surface area (Å²) < 4.78 is 11.6. The molecule has 0 bridgehead atoms. The van der Waals surface area contributed by atoms with Crippen molar-refractivity contribution >= 4 is 0 Å². The number of nitrogens with zero attached hydrogens (tertiary/aromatic N) is 2. The van der Waals surface area contributed by atoms with E-state index in [9.17, 15) is 10.5 Å². The molecule has 0 saturated carbocycles. The Morgan fingerprint density at radius 1 is 1.45 bits per heavy atom. The van der Waals surface area contributed by atoms with Gasteiger partial charge in [-0.15, -0.1) is 13.2 Å². The van der Waals surface area contributed by atoms with Gasteiger partial charge in [0.2, 0.25) is 0 Å². The molecule has 0 aromatic rings. The van der Waals surface area contributed by atoms with E-state index in [-0.39, 0.29) is 5.92 Å². The quantitative estimate of drug-likeness (QED) is 0.727. The molecule has 2 aliphatic rings. The van der Waals surface area contributed by atoms with Crippen molar-refractivity contribution in [1.82, 2.24) is 0 Å². The molecule has 1 spiro atoms. The molecule has 0 N–H and O–H groups in total. The molecule has 1 aliphatic carbocycles. The molecular weight excluding hydrogens is 276 g/mol. The van der Waals surface area contributed by atoms with E-state index in [1.807, 2.05) is 13.0 Å². The van der Waals surface area contributed by atoms with Crippen molar-refractivity contribution in [1.29, 1.82) is 10.5 Å². The first kappa shape index (κ1) is 16.5. The zero-order valence-electron chi connectivity index (χ0n) is 13.1. The lowest BCUT2D eigenvalue weighted by Crippen LogP contribution is -2.39. The molecule has 4 nitrogen and oxygen atoms in total. The fourth-order valence-corrected chi connectivity index (χ4v) is 3.44. The highest BCUT2D eigenvalue weighted by Gasteiger charge is 2.47. The standard InChI is InChI=1S/C18H22N2O2/c1-4-6-17(12-19,13-20)16-5-7-18(21-8-9-22-18)11-15(16)10-14(2)3/h4-5,15H,1-2,6-11H2,3H3. The van der Waals surface area contributed by atoms with Crippen LogP contribution in [0.4, 0.5) is 0 Å². The fourth-order valence-electron chi connectivity index (χ4n) is 3.44. The Bertz CT molecular complexity index is 557. The zero-order valence-corrected chi connectivity index (χ0v) is 13.1. The minimum atomic E-state index is -1.15. The van der Waals surface area contributed by atoms with E-state index in [0.717, 1.165) is 17.6 Å². The number of rotatable bonds is 5.